The maximum absolute atomic E-state index is 11.0. The lowest BCUT2D eigenvalue weighted by molar-refractivity contribution is -0.939. The van der Waals surface area contributed by atoms with Gasteiger partial charge in [0.1, 0.15) is 30.2 Å². The summed E-state index contributed by atoms with van der Waals surface area (Å²) in [6.45, 7) is 10.2. The zero-order valence-electron chi connectivity index (χ0n) is 17.0. The van der Waals surface area contributed by atoms with Gasteiger partial charge in [0, 0.05) is 12.0 Å². The molecule has 3 atom stereocenters. The van der Waals surface area contributed by atoms with Gasteiger partial charge in [0.05, 0.1) is 0 Å². The summed E-state index contributed by atoms with van der Waals surface area (Å²) in [6, 6.07) is 8.83. The Morgan fingerprint density at radius 3 is 2.43 bits per heavy atom. The third-order valence-electron chi connectivity index (χ3n) is 5.52. The van der Waals surface area contributed by atoms with E-state index in [0.717, 1.165) is 41.6 Å². The Hall–Kier alpha value is -1.96. The average molecular weight is 402 g/mol. The number of aryl methyl sites for hydroxylation is 2. The molecule has 0 aliphatic carbocycles. The summed E-state index contributed by atoms with van der Waals surface area (Å²) >= 11 is 1.55. The molecular weight excluding hydrogens is 372 g/mol. The van der Waals surface area contributed by atoms with E-state index in [4.69, 9.17) is 4.74 Å². The summed E-state index contributed by atoms with van der Waals surface area (Å²) in [5, 5.41) is 15.5. The van der Waals surface area contributed by atoms with Crippen LogP contribution in [-0.4, -0.2) is 45.0 Å². The monoisotopic (exact) mass is 401 g/mol. The Labute approximate surface area is 169 Å². The number of quaternary nitrogens is 1. The lowest BCUT2D eigenvalue weighted by atomic mass is 10.00. The summed E-state index contributed by atoms with van der Waals surface area (Å²) in [6.07, 6.45) is 2.15. The van der Waals surface area contributed by atoms with E-state index in [1.165, 1.54) is 16.0 Å². The first-order valence-electron chi connectivity index (χ1n) is 10.2. The fourth-order valence-electron chi connectivity index (χ4n) is 4.20. The van der Waals surface area contributed by atoms with Crippen LogP contribution in [0.5, 0.6) is 5.88 Å². The zero-order chi connectivity index (χ0) is 19.8. The van der Waals surface area contributed by atoms with E-state index >= 15 is 0 Å². The molecule has 28 heavy (non-hydrogen) atoms. The molecule has 0 unspecified atom stereocenters. The third-order valence-corrected chi connectivity index (χ3v) is 6.60. The van der Waals surface area contributed by atoms with Crippen molar-refractivity contribution in [3.05, 3.63) is 46.1 Å². The highest BCUT2D eigenvalue weighted by Gasteiger charge is 2.37. The van der Waals surface area contributed by atoms with Crippen LogP contribution in [-0.2, 0) is 17.6 Å². The van der Waals surface area contributed by atoms with Crippen LogP contribution in [0.15, 0.2) is 24.3 Å². The van der Waals surface area contributed by atoms with Crippen LogP contribution in [0.4, 0.5) is 0 Å². The number of hydrogen-bond acceptors (Lipinski definition) is 5. The van der Waals surface area contributed by atoms with Crippen molar-refractivity contribution in [2.75, 3.05) is 13.1 Å². The fourth-order valence-corrected chi connectivity index (χ4v) is 5.36. The number of rotatable bonds is 5. The van der Waals surface area contributed by atoms with Crippen molar-refractivity contribution in [2.45, 2.75) is 58.8 Å². The number of morpholine rings is 1. The van der Waals surface area contributed by atoms with E-state index in [-0.39, 0.29) is 24.1 Å². The highest BCUT2D eigenvalue weighted by Crippen LogP contribution is 2.35. The van der Waals surface area contributed by atoms with Crippen molar-refractivity contribution in [1.29, 1.82) is 0 Å². The van der Waals surface area contributed by atoms with Crippen LogP contribution in [0.3, 0.4) is 0 Å². The fraction of sp³-hybridized carbons (Fsp3) is 0.524. The molecule has 1 saturated heterocycles. The van der Waals surface area contributed by atoms with Gasteiger partial charge in [-0.2, -0.15) is 4.52 Å². The highest BCUT2D eigenvalue weighted by atomic mass is 32.1. The van der Waals surface area contributed by atoms with Gasteiger partial charge in [-0.1, -0.05) is 49.4 Å². The summed E-state index contributed by atoms with van der Waals surface area (Å²) < 4.78 is 7.57. The summed E-state index contributed by atoms with van der Waals surface area (Å²) in [4.78, 5) is 7.66. The van der Waals surface area contributed by atoms with Crippen molar-refractivity contribution in [3.63, 3.8) is 0 Å². The molecule has 1 aliphatic heterocycles. The topological polar surface area (TPSA) is 64.1 Å². The number of nitrogens with zero attached hydrogens (tertiary/aromatic N) is 3. The van der Waals surface area contributed by atoms with Crippen LogP contribution in [0.2, 0.25) is 0 Å². The smallest absolute Gasteiger partial charge is 0.235 e. The van der Waals surface area contributed by atoms with Gasteiger partial charge >= 0.3 is 0 Å². The molecule has 0 saturated carbocycles. The van der Waals surface area contributed by atoms with E-state index < -0.39 is 0 Å². The SMILES string of the molecule is CCc1ccc([C@H](c2sc3nc(CC)nn3c2O)[NH+]2C[C@@H](C)O[C@H](C)C2)cc1. The van der Waals surface area contributed by atoms with E-state index in [9.17, 15) is 5.11 Å². The van der Waals surface area contributed by atoms with Crippen LogP contribution in [0.25, 0.3) is 4.96 Å². The molecule has 1 aliphatic rings. The van der Waals surface area contributed by atoms with Crippen molar-refractivity contribution in [3.8, 4) is 5.88 Å². The Morgan fingerprint density at radius 1 is 1.18 bits per heavy atom. The number of ether oxygens (including phenoxy) is 1. The third kappa shape index (κ3) is 3.54. The first-order chi connectivity index (χ1) is 13.5. The molecule has 6 nitrogen and oxygen atoms in total. The Balaban J connectivity index is 1.80. The van der Waals surface area contributed by atoms with Gasteiger partial charge in [-0.15, -0.1) is 5.10 Å². The predicted molar refractivity (Wildman–Crippen MR) is 110 cm³/mol. The Morgan fingerprint density at radius 2 is 1.86 bits per heavy atom. The second-order valence-corrected chi connectivity index (χ2v) is 8.73. The van der Waals surface area contributed by atoms with Gasteiger partial charge in [0.25, 0.3) is 0 Å². The molecule has 0 bridgehead atoms. The van der Waals surface area contributed by atoms with Crippen LogP contribution >= 0.6 is 11.3 Å². The number of aromatic nitrogens is 3. The maximum Gasteiger partial charge on any atom is 0.235 e. The zero-order valence-corrected chi connectivity index (χ0v) is 17.8. The number of thiazole rings is 1. The Kier molecular flexibility index (Phi) is 5.40. The van der Waals surface area contributed by atoms with Crippen molar-refractivity contribution in [2.24, 2.45) is 0 Å². The normalized spacial score (nSPS) is 23.9. The maximum atomic E-state index is 11.0. The van der Waals surface area contributed by atoms with Gasteiger partial charge in [0.2, 0.25) is 10.8 Å². The van der Waals surface area contributed by atoms with Gasteiger partial charge in [-0.25, -0.2) is 4.98 Å². The first-order valence-corrected chi connectivity index (χ1v) is 11.0. The highest BCUT2D eigenvalue weighted by molar-refractivity contribution is 7.17. The van der Waals surface area contributed by atoms with Crippen molar-refractivity contribution in [1.82, 2.24) is 14.6 Å². The lowest BCUT2D eigenvalue weighted by Gasteiger charge is -2.37. The molecule has 1 aromatic carbocycles. The molecule has 4 rings (SSSR count). The molecule has 3 aromatic rings. The van der Waals surface area contributed by atoms with Crippen LogP contribution < -0.4 is 4.90 Å². The molecule has 3 heterocycles. The lowest BCUT2D eigenvalue weighted by Crippen LogP contribution is -3.15. The van der Waals surface area contributed by atoms with Gasteiger partial charge in [0.15, 0.2) is 11.9 Å². The van der Waals surface area contributed by atoms with Crippen molar-refractivity contribution < 1.29 is 14.7 Å². The minimum Gasteiger partial charge on any atom is -0.492 e. The van der Waals surface area contributed by atoms with Gasteiger partial charge in [-0.3, -0.25) is 0 Å². The summed E-state index contributed by atoms with van der Waals surface area (Å²) in [7, 11) is 0. The molecule has 0 amide bonds. The predicted octanol–water partition coefficient (Wildman–Crippen LogP) is 2.40. The first kappa shape index (κ1) is 19.4. The van der Waals surface area contributed by atoms with Crippen LogP contribution in [0, 0.1) is 0 Å². The van der Waals surface area contributed by atoms with Gasteiger partial charge < -0.3 is 14.7 Å². The Bertz CT molecular complexity index is 939. The second kappa shape index (κ2) is 7.81. The number of aromatic hydroxyl groups is 1. The standard InChI is InChI=1S/C21H28N4O2S/c1-5-15-7-9-16(10-8-15)18(24-11-13(3)27-14(4)12-24)19-20(26)25-21(28-19)22-17(6-2)23-25/h7-10,13-14,18,26H,5-6,11-12H2,1-4H3/p+1/t13-,14-,18-/m1/s1. The van der Waals surface area contributed by atoms with E-state index in [1.807, 2.05) is 6.92 Å². The molecular formula is C21H29N4O2S+. The molecule has 0 spiro atoms. The molecule has 7 heteroatoms. The van der Waals surface area contributed by atoms with E-state index in [2.05, 4.69) is 55.1 Å². The minimum absolute atomic E-state index is 0.0401. The largest absolute Gasteiger partial charge is 0.492 e. The number of benzene rings is 1. The molecule has 150 valence electrons. The van der Waals surface area contributed by atoms with Crippen molar-refractivity contribution >= 4 is 16.3 Å². The molecule has 0 radical (unpaired) electrons. The van der Waals surface area contributed by atoms with E-state index in [0.29, 0.717) is 0 Å². The van der Waals surface area contributed by atoms with E-state index in [1.54, 1.807) is 15.9 Å². The number of hydrogen-bond donors (Lipinski definition) is 2. The molecule has 1 fully saturated rings. The number of fused-ring (bicyclic) bond motifs is 1. The van der Waals surface area contributed by atoms with Gasteiger partial charge in [-0.05, 0) is 25.8 Å². The number of nitrogens with one attached hydrogen (secondary N) is 1. The summed E-state index contributed by atoms with van der Waals surface area (Å²) in [5.41, 5.74) is 2.53. The molecule has 2 aromatic heterocycles. The second-order valence-electron chi connectivity index (χ2n) is 7.72. The average Bonchev–Trinajstić information content (AvgIpc) is 3.21. The quantitative estimate of drug-likeness (QED) is 0.689. The minimum atomic E-state index is 0.0401. The summed E-state index contributed by atoms with van der Waals surface area (Å²) in [5.74, 6) is 0.981. The van der Waals surface area contributed by atoms with Crippen LogP contribution in [0.1, 0.15) is 55.6 Å². The molecule has 2 N–H and O–H groups in total.